The molecule has 3 aromatic rings. The lowest BCUT2D eigenvalue weighted by atomic mass is 10.0. The van der Waals surface area contributed by atoms with E-state index in [0.29, 0.717) is 0 Å². The molecule has 19 heavy (non-hydrogen) atoms. The third-order valence-corrected chi connectivity index (χ3v) is 4.56. The van der Waals surface area contributed by atoms with Crippen LogP contribution in [0.25, 0.3) is 10.1 Å². The van der Waals surface area contributed by atoms with E-state index < -0.39 is 0 Å². The fourth-order valence-electron chi connectivity index (χ4n) is 2.17. The summed E-state index contributed by atoms with van der Waals surface area (Å²) in [7, 11) is 0. The van der Waals surface area contributed by atoms with Gasteiger partial charge < -0.3 is 4.42 Å². The van der Waals surface area contributed by atoms with E-state index in [2.05, 4.69) is 51.0 Å². The van der Waals surface area contributed by atoms with Gasteiger partial charge in [0.15, 0.2) is 4.67 Å². The molecule has 0 saturated carbocycles. The van der Waals surface area contributed by atoms with Gasteiger partial charge in [-0.2, -0.15) is 0 Å². The zero-order chi connectivity index (χ0) is 13.2. The average Bonchev–Trinajstić information content (AvgIpc) is 3.03. The number of nitrogens with one attached hydrogen (secondary N) is 1. The topological polar surface area (TPSA) is 51.2 Å². The summed E-state index contributed by atoms with van der Waals surface area (Å²) >= 11 is 5.07. The molecule has 0 bridgehead atoms. The van der Waals surface area contributed by atoms with Gasteiger partial charge in [0.05, 0.1) is 6.04 Å². The molecule has 2 heterocycles. The SMILES string of the molecule is NNC(Cc1csc2ccccc12)c1ccc(Br)o1. The molecule has 5 heteroatoms. The quantitative estimate of drug-likeness (QED) is 0.559. The maximum absolute atomic E-state index is 5.65. The minimum absolute atomic E-state index is 0.0238. The molecular formula is C14H13BrN2OS. The highest BCUT2D eigenvalue weighted by atomic mass is 79.9. The zero-order valence-corrected chi connectivity index (χ0v) is 12.5. The Morgan fingerprint density at radius 2 is 2.11 bits per heavy atom. The minimum Gasteiger partial charge on any atom is -0.453 e. The summed E-state index contributed by atoms with van der Waals surface area (Å²) in [5, 5.41) is 3.48. The molecule has 1 aromatic carbocycles. The van der Waals surface area contributed by atoms with E-state index in [4.69, 9.17) is 10.3 Å². The van der Waals surface area contributed by atoms with Crippen LogP contribution in [-0.2, 0) is 6.42 Å². The second-order valence-corrected chi connectivity index (χ2v) is 6.02. The summed E-state index contributed by atoms with van der Waals surface area (Å²) < 4.78 is 7.60. The maximum atomic E-state index is 5.65. The molecule has 0 saturated heterocycles. The first-order valence-corrected chi connectivity index (χ1v) is 7.61. The monoisotopic (exact) mass is 336 g/mol. The Hall–Kier alpha value is -1.14. The number of rotatable bonds is 4. The standard InChI is InChI=1S/C14H13BrN2OS/c15-14-6-5-12(18-14)11(17-16)7-9-8-19-13-4-2-1-3-10(9)13/h1-6,8,11,17H,7,16H2. The molecule has 98 valence electrons. The van der Waals surface area contributed by atoms with Crippen LogP contribution >= 0.6 is 27.3 Å². The molecule has 1 atom stereocenters. The summed E-state index contributed by atoms with van der Waals surface area (Å²) in [6.45, 7) is 0. The molecule has 3 rings (SSSR count). The van der Waals surface area contributed by atoms with Gasteiger partial charge in [-0.1, -0.05) is 18.2 Å². The fourth-order valence-corrected chi connectivity index (χ4v) is 3.46. The number of fused-ring (bicyclic) bond motifs is 1. The van der Waals surface area contributed by atoms with Crippen molar-refractivity contribution in [1.29, 1.82) is 0 Å². The van der Waals surface area contributed by atoms with Crippen LogP contribution in [0.1, 0.15) is 17.4 Å². The summed E-state index contributed by atoms with van der Waals surface area (Å²) in [5.41, 5.74) is 4.11. The van der Waals surface area contributed by atoms with E-state index in [1.165, 1.54) is 15.6 Å². The van der Waals surface area contributed by atoms with Crippen LogP contribution < -0.4 is 11.3 Å². The fraction of sp³-hybridized carbons (Fsp3) is 0.143. The molecule has 3 N–H and O–H groups in total. The lowest BCUT2D eigenvalue weighted by Crippen LogP contribution is -2.29. The molecule has 1 unspecified atom stereocenters. The highest BCUT2D eigenvalue weighted by Gasteiger charge is 2.16. The number of hydrazine groups is 1. The van der Waals surface area contributed by atoms with Crippen molar-refractivity contribution in [2.45, 2.75) is 12.5 Å². The first-order valence-electron chi connectivity index (χ1n) is 5.94. The third-order valence-electron chi connectivity index (χ3n) is 3.12. The zero-order valence-electron chi connectivity index (χ0n) is 10.1. The average molecular weight is 337 g/mol. The predicted molar refractivity (Wildman–Crippen MR) is 82.0 cm³/mol. The van der Waals surface area contributed by atoms with Gasteiger partial charge in [0, 0.05) is 4.70 Å². The number of thiophene rings is 1. The van der Waals surface area contributed by atoms with Crippen molar-refractivity contribution in [3.05, 3.63) is 57.8 Å². The maximum Gasteiger partial charge on any atom is 0.169 e. The van der Waals surface area contributed by atoms with Gasteiger partial charge in [-0.15, -0.1) is 11.3 Å². The molecule has 0 fully saturated rings. The molecular weight excluding hydrogens is 324 g/mol. The third kappa shape index (κ3) is 2.60. The molecule has 0 aliphatic heterocycles. The molecule has 0 spiro atoms. The molecule has 2 aromatic heterocycles. The van der Waals surface area contributed by atoms with E-state index >= 15 is 0 Å². The van der Waals surface area contributed by atoms with Crippen LogP contribution in [0, 0.1) is 0 Å². The van der Waals surface area contributed by atoms with Crippen molar-refractivity contribution in [2.75, 3.05) is 0 Å². The van der Waals surface area contributed by atoms with Gasteiger partial charge in [0.1, 0.15) is 5.76 Å². The Morgan fingerprint density at radius 1 is 1.26 bits per heavy atom. The van der Waals surface area contributed by atoms with Crippen molar-refractivity contribution in [3.8, 4) is 0 Å². The number of hydrogen-bond donors (Lipinski definition) is 2. The summed E-state index contributed by atoms with van der Waals surface area (Å²) in [6, 6.07) is 12.2. The van der Waals surface area contributed by atoms with Crippen molar-refractivity contribution >= 4 is 37.4 Å². The van der Waals surface area contributed by atoms with Crippen LogP contribution in [0.2, 0.25) is 0 Å². The van der Waals surface area contributed by atoms with Crippen molar-refractivity contribution in [3.63, 3.8) is 0 Å². The Balaban J connectivity index is 1.90. The Kier molecular flexibility index (Phi) is 3.70. The molecule has 3 nitrogen and oxygen atoms in total. The van der Waals surface area contributed by atoms with Gasteiger partial charge >= 0.3 is 0 Å². The number of benzene rings is 1. The van der Waals surface area contributed by atoms with Crippen LogP contribution in [0.15, 0.2) is 50.9 Å². The number of furan rings is 1. The lowest BCUT2D eigenvalue weighted by molar-refractivity contribution is 0.405. The normalized spacial score (nSPS) is 12.9. The van der Waals surface area contributed by atoms with Crippen LogP contribution in [0.4, 0.5) is 0 Å². The van der Waals surface area contributed by atoms with Gasteiger partial charge in [-0.05, 0) is 56.9 Å². The van der Waals surface area contributed by atoms with E-state index in [0.717, 1.165) is 16.9 Å². The molecule has 0 aliphatic carbocycles. The Bertz CT molecular complexity index is 691. The van der Waals surface area contributed by atoms with E-state index in [9.17, 15) is 0 Å². The summed E-state index contributed by atoms with van der Waals surface area (Å²) in [5.74, 6) is 6.49. The minimum atomic E-state index is -0.0238. The van der Waals surface area contributed by atoms with Crippen molar-refractivity contribution in [2.24, 2.45) is 5.84 Å². The second-order valence-electron chi connectivity index (χ2n) is 4.32. The van der Waals surface area contributed by atoms with Crippen molar-refractivity contribution < 1.29 is 4.42 Å². The number of hydrogen-bond acceptors (Lipinski definition) is 4. The van der Waals surface area contributed by atoms with Crippen molar-refractivity contribution in [1.82, 2.24) is 5.43 Å². The molecule has 0 radical (unpaired) electrons. The van der Waals surface area contributed by atoms with Gasteiger partial charge in [0.25, 0.3) is 0 Å². The van der Waals surface area contributed by atoms with Crippen LogP contribution in [0.5, 0.6) is 0 Å². The van der Waals surface area contributed by atoms with E-state index in [1.807, 2.05) is 12.1 Å². The highest BCUT2D eigenvalue weighted by Crippen LogP contribution is 2.30. The van der Waals surface area contributed by atoms with Crippen LogP contribution in [-0.4, -0.2) is 0 Å². The second kappa shape index (κ2) is 5.46. The first kappa shape index (κ1) is 12.9. The highest BCUT2D eigenvalue weighted by molar-refractivity contribution is 9.10. The van der Waals surface area contributed by atoms with Gasteiger partial charge in [-0.25, -0.2) is 5.43 Å². The van der Waals surface area contributed by atoms with Gasteiger partial charge in [0.2, 0.25) is 0 Å². The lowest BCUT2D eigenvalue weighted by Gasteiger charge is -2.12. The Morgan fingerprint density at radius 3 is 2.84 bits per heavy atom. The predicted octanol–water partition coefficient (Wildman–Crippen LogP) is 4.00. The van der Waals surface area contributed by atoms with Gasteiger partial charge in [-0.3, -0.25) is 5.84 Å². The number of nitrogens with two attached hydrogens (primary N) is 1. The largest absolute Gasteiger partial charge is 0.453 e. The van der Waals surface area contributed by atoms with E-state index in [-0.39, 0.29) is 6.04 Å². The van der Waals surface area contributed by atoms with Crippen LogP contribution in [0.3, 0.4) is 0 Å². The number of halogens is 1. The summed E-state index contributed by atoms with van der Waals surface area (Å²) in [4.78, 5) is 0. The smallest absolute Gasteiger partial charge is 0.169 e. The molecule has 0 amide bonds. The summed E-state index contributed by atoms with van der Waals surface area (Å²) in [6.07, 6.45) is 0.806. The molecule has 0 aliphatic rings. The first-order chi connectivity index (χ1) is 9.28. The van der Waals surface area contributed by atoms with E-state index in [1.54, 1.807) is 11.3 Å². The Labute approximate surface area is 123 Å².